The van der Waals surface area contributed by atoms with Crippen LogP contribution in [0.3, 0.4) is 0 Å². The molecule has 2 N–H and O–H groups in total. The molecule has 1 aromatic rings. The molecule has 0 radical (unpaired) electrons. The van der Waals surface area contributed by atoms with Crippen molar-refractivity contribution in [3.63, 3.8) is 0 Å². The molecule has 1 heterocycles. The van der Waals surface area contributed by atoms with Gasteiger partial charge in [-0.1, -0.05) is 0 Å². The summed E-state index contributed by atoms with van der Waals surface area (Å²) in [4.78, 5) is 25.5. The van der Waals surface area contributed by atoms with Crippen molar-refractivity contribution >= 4 is 21.8 Å². The molecule has 1 aliphatic rings. The average Bonchev–Trinajstić information content (AvgIpc) is 2.60. The summed E-state index contributed by atoms with van der Waals surface area (Å²) in [6.07, 6.45) is 1.03. The Morgan fingerprint density at radius 1 is 1.24 bits per heavy atom. The quantitative estimate of drug-likeness (QED) is 0.802. The molecule has 0 saturated carbocycles. The maximum absolute atomic E-state index is 12.7. The van der Waals surface area contributed by atoms with E-state index < -0.39 is 10.0 Å². The monoisotopic (exact) mass is 369 g/mol. The molecule has 1 aromatic carbocycles. The van der Waals surface area contributed by atoms with Crippen LogP contribution in [0.4, 0.5) is 0 Å². The number of hydrogen-bond donors (Lipinski definition) is 1. The first-order valence-electron chi connectivity index (χ1n) is 7.87. The van der Waals surface area contributed by atoms with Crippen LogP contribution in [0.2, 0.25) is 0 Å². The molecule has 1 aliphatic heterocycles. The van der Waals surface area contributed by atoms with E-state index in [1.54, 1.807) is 4.90 Å². The molecule has 0 atom stereocenters. The van der Waals surface area contributed by atoms with Gasteiger partial charge in [-0.05, 0) is 31.0 Å². The fraction of sp³-hybridized carbons (Fsp3) is 0.500. The fourth-order valence-electron chi connectivity index (χ4n) is 2.76. The largest absolute Gasteiger partial charge is 0.495 e. The zero-order valence-corrected chi connectivity index (χ0v) is 15.4. The third-order valence-corrected chi connectivity index (χ3v) is 6.19. The molecule has 1 saturated heterocycles. The molecule has 2 rings (SSSR count). The van der Waals surface area contributed by atoms with Crippen LogP contribution < -0.4 is 10.5 Å². The van der Waals surface area contributed by atoms with Crippen LogP contribution in [-0.2, 0) is 14.8 Å². The van der Waals surface area contributed by atoms with Crippen LogP contribution in [0.1, 0.15) is 23.2 Å². The van der Waals surface area contributed by atoms with Crippen molar-refractivity contribution in [3.05, 3.63) is 23.8 Å². The van der Waals surface area contributed by atoms with Crippen LogP contribution in [0, 0.1) is 5.92 Å². The molecular formula is C16H23N3O5S. The smallest absolute Gasteiger partial charge is 0.253 e. The highest BCUT2D eigenvalue weighted by Gasteiger charge is 2.28. The summed E-state index contributed by atoms with van der Waals surface area (Å²) in [6, 6.07) is 4.34. The van der Waals surface area contributed by atoms with E-state index in [4.69, 9.17) is 10.5 Å². The lowest BCUT2D eigenvalue weighted by Crippen LogP contribution is -2.41. The van der Waals surface area contributed by atoms with Crippen molar-refractivity contribution in [1.82, 2.24) is 9.21 Å². The topological polar surface area (TPSA) is 110 Å². The summed E-state index contributed by atoms with van der Waals surface area (Å²) in [5, 5.41) is 0. The van der Waals surface area contributed by atoms with Gasteiger partial charge < -0.3 is 15.4 Å². The fourth-order valence-corrected chi connectivity index (χ4v) is 3.83. The number of hydrogen-bond acceptors (Lipinski definition) is 5. The van der Waals surface area contributed by atoms with E-state index in [1.807, 2.05) is 0 Å². The van der Waals surface area contributed by atoms with Gasteiger partial charge in [0.25, 0.3) is 5.91 Å². The second-order valence-electron chi connectivity index (χ2n) is 6.12. The minimum absolute atomic E-state index is 0.0575. The number of piperidine rings is 1. The SMILES string of the molecule is COc1ccc(C(=O)N2CCC(C(N)=O)CC2)cc1S(=O)(=O)N(C)C. The summed E-state index contributed by atoms with van der Waals surface area (Å²) in [7, 11) is 0.454. The predicted octanol–water partition coefficient (Wildman–Crippen LogP) is 0.283. The van der Waals surface area contributed by atoms with Crippen molar-refractivity contribution in [2.24, 2.45) is 11.7 Å². The number of primary amides is 1. The number of sulfonamides is 1. The molecule has 138 valence electrons. The molecule has 0 bridgehead atoms. The molecule has 2 amide bonds. The van der Waals surface area contributed by atoms with Gasteiger partial charge >= 0.3 is 0 Å². The molecule has 1 fully saturated rings. The van der Waals surface area contributed by atoms with E-state index in [0.29, 0.717) is 25.9 Å². The zero-order chi connectivity index (χ0) is 18.8. The summed E-state index contributed by atoms with van der Waals surface area (Å²) in [5.41, 5.74) is 5.56. The van der Waals surface area contributed by atoms with Gasteiger partial charge in [0.05, 0.1) is 7.11 Å². The lowest BCUT2D eigenvalue weighted by Gasteiger charge is -2.30. The van der Waals surface area contributed by atoms with E-state index in [1.165, 1.54) is 39.4 Å². The van der Waals surface area contributed by atoms with Crippen molar-refractivity contribution in [2.45, 2.75) is 17.7 Å². The molecule has 0 spiro atoms. The highest BCUT2D eigenvalue weighted by atomic mass is 32.2. The Morgan fingerprint density at radius 2 is 1.84 bits per heavy atom. The van der Waals surface area contributed by atoms with Gasteiger partial charge in [-0.2, -0.15) is 0 Å². The van der Waals surface area contributed by atoms with E-state index >= 15 is 0 Å². The number of benzene rings is 1. The van der Waals surface area contributed by atoms with Crippen molar-refractivity contribution in [2.75, 3.05) is 34.3 Å². The molecule has 0 unspecified atom stereocenters. The number of carbonyl (C=O) groups is 2. The van der Waals surface area contributed by atoms with E-state index in [9.17, 15) is 18.0 Å². The number of amides is 2. The summed E-state index contributed by atoms with van der Waals surface area (Å²) in [5.74, 6) is -0.668. The normalized spacial score (nSPS) is 16.1. The first kappa shape index (κ1) is 19.2. The zero-order valence-electron chi connectivity index (χ0n) is 14.6. The van der Waals surface area contributed by atoms with Gasteiger partial charge in [-0.25, -0.2) is 12.7 Å². The van der Waals surface area contributed by atoms with Crippen LogP contribution in [0.25, 0.3) is 0 Å². The summed E-state index contributed by atoms with van der Waals surface area (Å²) >= 11 is 0. The lowest BCUT2D eigenvalue weighted by atomic mass is 9.96. The third kappa shape index (κ3) is 3.93. The summed E-state index contributed by atoms with van der Waals surface area (Å²) < 4.78 is 31.1. The van der Waals surface area contributed by atoms with Gasteiger partial charge in [0.15, 0.2) is 0 Å². The Labute approximate surface area is 147 Å². The van der Waals surface area contributed by atoms with Crippen molar-refractivity contribution in [1.29, 1.82) is 0 Å². The number of ether oxygens (including phenoxy) is 1. The maximum atomic E-state index is 12.7. The highest BCUT2D eigenvalue weighted by Crippen LogP contribution is 2.28. The second-order valence-corrected chi connectivity index (χ2v) is 8.24. The third-order valence-electron chi connectivity index (χ3n) is 4.35. The van der Waals surface area contributed by atoms with Crippen LogP contribution in [-0.4, -0.2) is 63.7 Å². The number of carbonyl (C=O) groups excluding carboxylic acids is 2. The van der Waals surface area contributed by atoms with Crippen molar-refractivity contribution < 1.29 is 22.7 Å². The maximum Gasteiger partial charge on any atom is 0.253 e. The lowest BCUT2D eigenvalue weighted by molar-refractivity contribution is -0.123. The second kappa shape index (κ2) is 7.40. The highest BCUT2D eigenvalue weighted by molar-refractivity contribution is 7.89. The minimum atomic E-state index is -3.75. The number of rotatable bonds is 5. The average molecular weight is 369 g/mol. The molecule has 0 aliphatic carbocycles. The Balaban J connectivity index is 2.29. The molecule has 25 heavy (non-hydrogen) atoms. The van der Waals surface area contributed by atoms with Gasteiger partial charge in [-0.3, -0.25) is 9.59 Å². The summed E-state index contributed by atoms with van der Waals surface area (Å²) in [6.45, 7) is 0.822. The Morgan fingerprint density at radius 3 is 2.32 bits per heavy atom. The first-order valence-corrected chi connectivity index (χ1v) is 9.31. The number of nitrogens with zero attached hydrogens (tertiary/aromatic N) is 2. The number of likely N-dealkylation sites (tertiary alicyclic amines) is 1. The van der Waals surface area contributed by atoms with Crippen LogP contribution in [0.15, 0.2) is 23.1 Å². The van der Waals surface area contributed by atoms with Gasteiger partial charge in [0, 0.05) is 38.7 Å². The van der Waals surface area contributed by atoms with Crippen LogP contribution >= 0.6 is 0 Å². The Hall–Kier alpha value is -2.13. The van der Waals surface area contributed by atoms with Gasteiger partial charge in [0.1, 0.15) is 10.6 Å². The minimum Gasteiger partial charge on any atom is -0.495 e. The van der Waals surface area contributed by atoms with E-state index in [-0.39, 0.29) is 33.9 Å². The first-order chi connectivity index (χ1) is 11.7. The Kier molecular flexibility index (Phi) is 5.69. The predicted molar refractivity (Wildman–Crippen MR) is 91.7 cm³/mol. The van der Waals surface area contributed by atoms with Gasteiger partial charge in [-0.15, -0.1) is 0 Å². The van der Waals surface area contributed by atoms with E-state index in [2.05, 4.69) is 0 Å². The molecule has 8 nitrogen and oxygen atoms in total. The standard InChI is InChI=1S/C16H23N3O5S/c1-18(2)25(22,23)14-10-12(4-5-13(14)24-3)16(21)19-8-6-11(7-9-19)15(17)20/h4-5,10-11H,6-9H2,1-3H3,(H2,17,20). The van der Waals surface area contributed by atoms with Crippen molar-refractivity contribution in [3.8, 4) is 5.75 Å². The Bertz CT molecular complexity index is 768. The number of nitrogens with two attached hydrogens (primary N) is 1. The number of methoxy groups -OCH3 is 1. The van der Waals surface area contributed by atoms with E-state index in [0.717, 1.165) is 4.31 Å². The molecule has 9 heteroatoms. The van der Waals surface area contributed by atoms with Crippen LogP contribution in [0.5, 0.6) is 5.75 Å². The van der Waals surface area contributed by atoms with Gasteiger partial charge in [0.2, 0.25) is 15.9 Å². The molecular weight excluding hydrogens is 346 g/mol. The molecule has 0 aromatic heterocycles.